The topological polar surface area (TPSA) is 70.2 Å². The highest BCUT2D eigenvalue weighted by molar-refractivity contribution is 6.00. The molecular formula is C22H21N3O2. The van der Waals surface area contributed by atoms with Gasteiger partial charge in [-0.15, -0.1) is 0 Å². The minimum atomic E-state index is -0.332. The van der Waals surface area contributed by atoms with Crippen molar-refractivity contribution in [2.45, 2.75) is 6.42 Å². The van der Waals surface area contributed by atoms with Crippen molar-refractivity contribution in [1.29, 1.82) is 0 Å². The Balaban J connectivity index is 1.47. The Labute approximate surface area is 158 Å². The van der Waals surface area contributed by atoms with Gasteiger partial charge in [0.25, 0.3) is 5.91 Å². The molecule has 0 aliphatic heterocycles. The Morgan fingerprint density at radius 1 is 0.667 bits per heavy atom. The number of anilines is 2. The van der Waals surface area contributed by atoms with E-state index in [2.05, 4.69) is 16.0 Å². The fraction of sp³-hybridized carbons (Fsp3) is 0.0909. The molecule has 3 aromatic rings. The molecule has 0 unspecified atom stereocenters. The maximum absolute atomic E-state index is 12.2. The van der Waals surface area contributed by atoms with E-state index < -0.39 is 0 Å². The quantitative estimate of drug-likeness (QED) is 0.614. The lowest BCUT2D eigenvalue weighted by Gasteiger charge is -2.09. The smallest absolute Gasteiger partial charge is 0.323 e. The fourth-order valence-corrected chi connectivity index (χ4v) is 2.59. The minimum Gasteiger partial charge on any atom is -0.352 e. The van der Waals surface area contributed by atoms with Gasteiger partial charge in [0.15, 0.2) is 0 Å². The third kappa shape index (κ3) is 5.71. The minimum absolute atomic E-state index is 0.133. The molecule has 3 N–H and O–H groups in total. The molecule has 3 aromatic carbocycles. The third-order valence-corrected chi connectivity index (χ3v) is 3.98. The van der Waals surface area contributed by atoms with E-state index in [-0.39, 0.29) is 11.9 Å². The summed E-state index contributed by atoms with van der Waals surface area (Å²) >= 11 is 0. The molecular weight excluding hydrogens is 338 g/mol. The lowest BCUT2D eigenvalue weighted by molar-refractivity contribution is 0.0954. The van der Waals surface area contributed by atoms with Crippen molar-refractivity contribution in [1.82, 2.24) is 5.32 Å². The second-order valence-corrected chi connectivity index (χ2v) is 6.01. The van der Waals surface area contributed by atoms with E-state index in [0.29, 0.717) is 23.5 Å². The van der Waals surface area contributed by atoms with E-state index in [0.717, 1.165) is 6.42 Å². The van der Waals surface area contributed by atoms with Crippen molar-refractivity contribution in [3.05, 3.63) is 96.1 Å². The van der Waals surface area contributed by atoms with Crippen LogP contribution >= 0.6 is 0 Å². The van der Waals surface area contributed by atoms with Gasteiger partial charge in [-0.25, -0.2) is 4.79 Å². The highest BCUT2D eigenvalue weighted by Crippen LogP contribution is 2.11. The van der Waals surface area contributed by atoms with Gasteiger partial charge in [-0.05, 0) is 48.4 Å². The number of para-hydroxylation sites is 1. The number of hydrogen-bond acceptors (Lipinski definition) is 2. The zero-order valence-electron chi connectivity index (χ0n) is 14.8. The number of rotatable bonds is 6. The van der Waals surface area contributed by atoms with Crippen molar-refractivity contribution < 1.29 is 9.59 Å². The molecule has 0 aliphatic carbocycles. The number of urea groups is 1. The average molecular weight is 359 g/mol. The van der Waals surface area contributed by atoms with Crippen molar-refractivity contribution in [2.75, 3.05) is 17.2 Å². The highest BCUT2D eigenvalue weighted by atomic mass is 16.2. The lowest BCUT2D eigenvalue weighted by Crippen LogP contribution is -2.25. The zero-order chi connectivity index (χ0) is 18.9. The monoisotopic (exact) mass is 359 g/mol. The summed E-state index contributed by atoms with van der Waals surface area (Å²) in [6, 6.07) is 25.7. The van der Waals surface area contributed by atoms with Crippen molar-refractivity contribution in [3.63, 3.8) is 0 Å². The third-order valence-electron chi connectivity index (χ3n) is 3.98. The first kappa shape index (κ1) is 18.2. The summed E-state index contributed by atoms with van der Waals surface area (Å²) < 4.78 is 0. The van der Waals surface area contributed by atoms with Crippen LogP contribution in [0.3, 0.4) is 0 Å². The van der Waals surface area contributed by atoms with Crippen LogP contribution in [0.5, 0.6) is 0 Å². The highest BCUT2D eigenvalue weighted by Gasteiger charge is 2.06. The van der Waals surface area contributed by atoms with E-state index in [1.54, 1.807) is 24.3 Å². The summed E-state index contributed by atoms with van der Waals surface area (Å²) in [5.74, 6) is -0.133. The second-order valence-electron chi connectivity index (χ2n) is 6.01. The van der Waals surface area contributed by atoms with Gasteiger partial charge in [0, 0.05) is 23.5 Å². The maximum atomic E-state index is 12.2. The molecule has 0 fully saturated rings. The molecule has 0 saturated heterocycles. The van der Waals surface area contributed by atoms with E-state index >= 15 is 0 Å². The van der Waals surface area contributed by atoms with E-state index in [4.69, 9.17) is 0 Å². The molecule has 0 radical (unpaired) electrons. The Morgan fingerprint density at radius 2 is 1.22 bits per heavy atom. The van der Waals surface area contributed by atoms with Crippen LogP contribution in [-0.4, -0.2) is 18.5 Å². The van der Waals surface area contributed by atoms with Crippen molar-refractivity contribution in [2.24, 2.45) is 0 Å². The number of nitrogens with one attached hydrogen (secondary N) is 3. The van der Waals surface area contributed by atoms with E-state index in [1.165, 1.54) is 5.56 Å². The first-order valence-electron chi connectivity index (χ1n) is 8.76. The van der Waals surface area contributed by atoms with Gasteiger partial charge in [0.2, 0.25) is 0 Å². The summed E-state index contributed by atoms with van der Waals surface area (Å²) in [7, 11) is 0. The largest absolute Gasteiger partial charge is 0.352 e. The van der Waals surface area contributed by atoms with Gasteiger partial charge in [-0.1, -0.05) is 48.5 Å². The molecule has 0 aromatic heterocycles. The van der Waals surface area contributed by atoms with Crippen molar-refractivity contribution in [3.8, 4) is 0 Å². The first-order chi connectivity index (χ1) is 13.2. The lowest BCUT2D eigenvalue weighted by atomic mass is 10.1. The van der Waals surface area contributed by atoms with Crippen LogP contribution in [0.15, 0.2) is 84.9 Å². The van der Waals surface area contributed by atoms with Crippen LogP contribution in [0.25, 0.3) is 0 Å². The fourth-order valence-electron chi connectivity index (χ4n) is 2.59. The van der Waals surface area contributed by atoms with Gasteiger partial charge in [0.05, 0.1) is 0 Å². The second kappa shape index (κ2) is 9.20. The van der Waals surface area contributed by atoms with E-state index in [9.17, 15) is 9.59 Å². The van der Waals surface area contributed by atoms with Crippen LogP contribution in [0.2, 0.25) is 0 Å². The van der Waals surface area contributed by atoms with Crippen LogP contribution in [0.4, 0.5) is 16.2 Å². The predicted octanol–water partition coefficient (Wildman–Crippen LogP) is 4.30. The molecule has 3 amide bonds. The molecule has 3 rings (SSSR count). The van der Waals surface area contributed by atoms with Crippen LogP contribution in [-0.2, 0) is 6.42 Å². The summed E-state index contributed by atoms with van der Waals surface area (Å²) in [6.07, 6.45) is 0.784. The molecule has 0 saturated carbocycles. The zero-order valence-corrected chi connectivity index (χ0v) is 14.8. The van der Waals surface area contributed by atoms with Gasteiger partial charge < -0.3 is 16.0 Å². The molecule has 27 heavy (non-hydrogen) atoms. The normalized spacial score (nSPS) is 10.1. The van der Waals surface area contributed by atoms with Gasteiger partial charge in [0.1, 0.15) is 0 Å². The predicted molar refractivity (Wildman–Crippen MR) is 108 cm³/mol. The summed E-state index contributed by atoms with van der Waals surface area (Å²) in [4.78, 5) is 24.2. The Hall–Kier alpha value is -3.60. The molecule has 136 valence electrons. The first-order valence-corrected chi connectivity index (χ1v) is 8.76. The average Bonchev–Trinajstić information content (AvgIpc) is 2.70. The van der Waals surface area contributed by atoms with Crippen LogP contribution < -0.4 is 16.0 Å². The number of hydrogen-bond donors (Lipinski definition) is 3. The van der Waals surface area contributed by atoms with Gasteiger partial charge >= 0.3 is 6.03 Å². The molecule has 0 heterocycles. The number of carbonyl (C=O) groups excluding carboxylic acids is 2. The molecule has 0 atom stereocenters. The summed E-state index contributed by atoms with van der Waals surface area (Å²) in [5.41, 5.74) is 3.06. The number of carbonyl (C=O) groups is 2. The summed E-state index contributed by atoms with van der Waals surface area (Å²) in [6.45, 7) is 0.572. The molecule has 5 nitrogen and oxygen atoms in total. The Bertz CT molecular complexity index is 878. The van der Waals surface area contributed by atoms with Gasteiger partial charge in [-0.3, -0.25) is 4.79 Å². The maximum Gasteiger partial charge on any atom is 0.323 e. The van der Waals surface area contributed by atoms with E-state index in [1.807, 2.05) is 60.7 Å². The standard InChI is InChI=1S/C22H21N3O2/c26-21(23-16-15-17-7-3-1-4-8-17)18-11-13-20(14-12-18)25-22(27)24-19-9-5-2-6-10-19/h1-14H,15-16H2,(H,23,26)(H2,24,25,27). The molecule has 5 heteroatoms. The Kier molecular flexibility index (Phi) is 6.20. The van der Waals surface area contributed by atoms with Crippen molar-refractivity contribution >= 4 is 23.3 Å². The Morgan fingerprint density at radius 3 is 1.85 bits per heavy atom. The summed E-state index contributed by atoms with van der Waals surface area (Å²) in [5, 5.41) is 8.38. The number of benzene rings is 3. The van der Waals surface area contributed by atoms with Crippen LogP contribution in [0, 0.1) is 0 Å². The molecule has 0 spiro atoms. The van der Waals surface area contributed by atoms with Gasteiger partial charge in [-0.2, -0.15) is 0 Å². The van der Waals surface area contributed by atoms with Crippen LogP contribution in [0.1, 0.15) is 15.9 Å². The molecule has 0 bridgehead atoms. The number of amides is 3. The molecule has 0 aliphatic rings. The SMILES string of the molecule is O=C(Nc1ccccc1)Nc1ccc(C(=O)NCCc2ccccc2)cc1.